The summed E-state index contributed by atoms with van der Waals surface area (Å²) in [4.78, 5) is 27.3. The van der Waals surface area contributed by atoms with Gasteiger partial charge in [0.1, 0.15) is 0 Å². The van der Waals surface area contributed by atoms with Crippen molar-refractivity contribution in [1.82, 2.24) is 10.2 Å². The SMILES string of the molecule is CCCNC(=O)C1CCCN(C(=O)c2cccc(NS(=O)(=O)c3ccc(C(C)(C)C)cc3)c2)C1. The van der Waals surface area contributed by atoms with Crippen LogP contribution in [0, 0.1) is 5.92 Å². The van der Waals surface area contributed by atoms with Crippen LogP contribution in [0.5, 0.6) is 0 Å². The first-order valence-electron chi connectivity index (χ1n) is 11.8. The summed E-state index contributed by atoms with van der Waals surface area (Å²) in [5.74, 6) is -0.441. The van der Waals surface area contributed by atoms with Crippen molar-refractivity contribution >= 4 is 27.5 Å². The highest BCUT2D eigenvalue weighted by atomic mass is 32.2. The third kappa shape index (κ3) is 6.38. The molecule has 1 saturated heterocycles. The van der Waals surface area contributed by atoms with Crippen LogP contribution in [0.1, 0.15) is 62.9 Å². The number of benzene rings is 2. The molecular weight excluding hydrogens is 450 g/mol. The van der Waals surface area contributed by atoms with Crippen molar-refractivity contribution in [2.45, 2.75) is 57.3 Å². The van der Waals surface area contributed by atoms with Crippen LogP contribution >= 0.6 is 0 Å². The Morgan fingerprint density at radius 3 is 2.44 bits per heavy atom. The first-order valence-corrected chi connectivity index (χ1v) is 13.3. The first kappa shape index (κ1) is 25.7. The largest absolute Gasteiger partial charge is 0.356 e. The number of rotatable bonds is 7. The number of sulfonamides is 1. The summed E-state index contributed by atoms with van der Waals surface area (Å²) >= 11 is 0. The molecule has 0 bridgehead atoms. The summed E-state index contributed by atoms with van der Waals surface area (Å²) in [5.41, 5.74) is 1.68. The smallest absolute Gasteiger partial charge is 0.261 e. The molecule has 2 aromatic carbocycles. The van der Waals surface area contributed by atoms with Gasteiger partial charge in [-0.25, -0.2) is 8.42 Å². The average molecular weight is 486 g/mol. The van der Waals surface area contributed by atoms with Gasteiger partial charge in [-0.2, -0.15) is 0 Å². The van der Waals surface area contributed by atoms with Crippen molar-refractivity contribution in [3.8, 4) is 0 Å². The Balaban J connectivity index is 1.71. The normalized spacial score (nSPS) is 16.7. The fourth-order valence-electron chi connectivity index (χ4n) is 4.01. The Kier molecular flexibility index (Phi) is 8.02. The molecule has 184 valence electrons. The van der Waals surface area contributed by atoms with E-state index in [0.717, 1.165) is 24.8 Å². The Bertz CT molecular complexity index is 1120. The van der Waals surface area contributed by atoms with E-state index < -0.39 is 10.0 Å². The van der Waals surface area contributed by atoms with Gasteiger partial charge in [0.25, 0.3) is 15.9 Å². The molecule has 7 nitrogen and oxygen atoms in total. The quantitative estimate of drug-likeness (QED) is 0.615. The zero-order valence-electron chi connectivity index (χ0n) is 20.4. The lowest BCUT2D eigenvalue weighted by Crippen LogP contribution is -2.45. The first-order chi connectivity index (χ1) is 16.0. The van der Waals surface area contributed by atoms with Crippen molar-refractivity contribution in [2.75, 3.05) is 24.4 Å². The van der Waals surface area contributed by atoms with Crippen molar-refractivity contribution in [2.24, 2.45) is 5.92 Å². The standard InChI is InChI=1S/C26H35N3O4S/c1-5-15-27-24(30)20-9-7-16-29(18-20)25(31)19-8-6-10-22(17-19)28-34(32,33)23-13-11-21(12-14-23)26(2,3)4/h6,8,10-14,17,20,28H,5,7,9,15-16,18H2,1-4H3,(H,27,30). The minimum Gasteiger partial charge on any atom is -0.356 e. The molecule has 34 heavy (non-hydrogen) atoms. The summed E-state index contributed by atoms with van der Waals surface area (Å²) in [7, 11) is -3.80. The molecule has 1 aliphatic rings. The van der Waals surface area contributed by atoms with Crippen molar-refractivity contribution in [1.29, 1.82) is 0 Å². The number of likely N-dealkylation sites (tertiary alicyclic amines) is 1. The fourth-order valence-corrected chi connectivity index (χ4v) is 5.06. The monoisotopic (exact) mass is 485 g/mol. The lowest BCUT2D eigenvalue weighted by Gasteiger charge is -2.32. The van der Waals surface area contributed by atoms with E-state index >= 15 is 0 Å². The third-order valence-electron chi connectivity index (χ3n) is 6.02. The molecule has 0 radical (unpaired) electrons. The van der Waals surface area contributed by atoms with E-state index in [0.29, 0.717) is 30.9 Å². The van der Waals surface area contributed by atoms with Crippen LogP contribution in [0.3, 0.4) is 0 Å². The van der Waals surface area contributed by atoms with Gasteiger partial charge in [0.2, 0.25) is 5.91 Å². The number of hydrogen-bond acceptors (Lipinski definition) is 4. The molecular formula is C26H35N3O4S. The molecule has 1 heterocycles. The Labute approximate surface area is 203 Å². The van der Waals surface area contributed by atoms with Gasteiger partial charge >= 0.3 is 0 Å². The van der Waals surface area contributed by atoms with Gasteiger partial charge in [-0.15, -0.1) is 0 Å². The van der Waals surface area contributed by atoms with Crippen LogP contribution in [0.25, 0.3) is 0 Å². The summed E-state index contributed by atoms with van der Waals surface area (Å²) in [6.45, 7) is 9.78. The zero-order chi connectivity index (χ0) is 24.9. The Morgan fingerprint density at radius 2 is 1.79 bits per heavy atom. The summed E-state index contributed by atoms with van der Waals surface area (Å²) in [5, 5.41) is 2.91. The maximum Gasteiger partial charge on any atom is 0.261 e. The van der Waals surface area contributed by atoms with E-state index in [9.17, 15) is 18.0 Å². The molecule has 1 aliphatic heterocycles. The summed E-state index contributed by atoms with van der Waals surface area (Å²) in [6.07, 6.45) is 2.38. The fraction of sp³-hybridized carbons (Fsp3) is 0.462. The van der Waals surface area contributed by atoms with Crippen LogP contribution in [0.4, 0.5) is 5.69 Å². The molecule has 2 amide bonds. The molecule has 2 aromatic rings. The lowest BCUT2D eigenvalue weighted by molar-refractivity contribution is -0.126. The van der Waals surface area contributed by atoms with Crippen LogP contribution in [0.15, 0.2) is 53.4 Å². The minimum atomic E-state index is -3.80. The maximum atomic E-state index is 13.1. The van der Waals surface area contributed by atoms with E-state index in [-0.39, 0.29) is 28.0 Å². The number of hydrogen-bond donors (Lipinski definition) is 2. The molecule has 0 aromatic heterocycles. The molecule has 1 unspecified atom stereocenters. The molecule has 0 saturated carbocycles. The van der Waals surface area contributed by atoms with Gasteiger partial charge in [-0.05, 0) is 60.6 Å². The molecule has 8 heteroatoms. The van der Waals surface area contributed by atoms with Gasteiger partial charge in [0.05, 0.1) is 10.8 Å². The number of piperidine rings is 1. The summed E-state index contributed by atoms with van der Waals surface area (Å²) in [6, 6.07) is 13.3. The van der Waals surface area contributed by atoms with E-state index in [4.69, 9.17) is 0 Å². The van der Waals surface area contributed by atoms with E-state index in [2.05, 4.69) is 30.8 Å². The number of carbonyl (C=O) groups is 2. The Morgan fingerprint density at radius 1 is 1.09 bits per heavy atom. The topological polar surface area (TPSA) is 95.6 Å². The second-order valence-corrected chi connectivity index (χ2v) is 11.5. The minimum absolute atomic E-state index is 0.0154. The van der Waals surface area contributed by atoms with E-state index in [1.807, 2.05) is 19.1 Å². The molecule has 3 rings (SSSR count). The molecule has 1 fully saturated rings. The van der Waals surface area contributed by atoms with Gasteiger partial charge in [-0.3, -0.25) is 14.3 Å². The van der Waals surface area contributed by atoms with E-state index in [1.165, 1.54) is 0 Å². The highest BCUT2D eigenvalue weighted by Gasteiger charge is 2.29. The predicted molar refractivity (Wildman–Crippen MR) is 134 cm³/mol. The number of carbonyl (C=O) groups excluding carboxylic acids is 2. The molecule has 0 spiro atoms. The average Bonchev–Trinajstić information content (AvgIpc) is 2.81. The summed E-state index contributed by atoms with van der Waals surface area (Å²) < 4.78 is 28.4. The lowest BCUT2D eigenvalue weighted by atomic mass is 9.87. The second-order valence-electron chi connectivity index (χ2n) is 9.84. The number of amides is 2. The number of nitrogens with one attached hydrogen (secondary N) is 2. The predicted octanol–water partition coefficient (Wildman–Crippen LogP) is 4.16. The molecule has 2 N–H and O–H groups in total. The van der Waals surface area contributed by atoms with Crippen LogP contribution in [-0.2, 0) is 20.2 Å². The van der Waals surface area contributed by atoms with Crippen LogP contribution in [0.2, 0.25) is 0 Å². The van der Waals surface area contributed by atoms with Crippen LogP contribution < -0.4 is 10.0 Å². The van der Waals surface area contributed by atoms with Gasteiger partial charge in [-0.1, -0.05) is 45.9 Å². The van der Waals surface area contributed by atoms with E-state index in [1.54, 1.807) is 41.3 Å². The molecule has 1 atom stereocenters. The zero-order valence-corrected chi connectivity index (χ0v) is 21.2. The second kappa shape index (κ2) is 10.6. The van der Waals surface area contributed by atoms with Crippen molar-refractivity contribution in [3.63, 3.8) is 0 Å². The highest BCUT2D eigenvalue weighted by molar-refractivity contribution is 7.92. The van der Waals surface area contributed by atoms with Crippen molar-refractivity contribution < 1.29 is 18.0 Å². The third-order valence-corrected chi connectivity index (χ3v) is 7.42. The Hall–Kier alpha value is -2.87. The number of nitrogens with zero attached hydrogens (tertiary/aromatic N) is 1. The van der Waals surface area contributed by atoms with Gasteiger partial charge in [0, 0.05) is 30.9 Å². The highest BCUT2D eigenvalue weighted by Crippen LogP contribution is 2.25. The van der Waals surface area contributed by atoms with Crippen LogP contribution in [-0.4, -0.2) is 44.8 Å². The number of anilines is 1. The van der Waals surface area contributed by atoms with Crippen molar-refractivity contribution in [3.05, 3.63) is 59.7 Å². The van der Waals surface area contributed by atoms with Gasteiger partial charge < -0.3 is 10.2 Å². The van der Waals surface area contributed by atoms with Gasteiger partial charge in [0.15, 0.2) is 0 Å². The molecule has 0 aliphatic carbocycles. The maximum absolute atomic E-state index is 13.1.